The third kappa shape index (κ3) is 3.61. The first-order valence-corrected chi connectivity index (χ1v) is 10.3. The average Bonchev–Trinajstić information content (AvgIpc) is 3.28. The van der Waals surface area contributed by atoms with Gasteiger partial charge in [0.05, 0.1) is 17.0 Å². The number of thiazole rings is 1. The molecule has 2 amide bonds. The Balaban J connectivity index is 1.39. The molecular weight excluding hydrogens is 356 g/mol. The second-order valence-corrected chi connectivity index (χ2v) is 8.24. The maximum Gasteiger partial charge on any atom is 0.267 e. The van der Waals surface area contributed by atoms with Crippen molar-refractivity contribution >= 4 is 39.6 Å². The summed E-state index contributed by atoms with van der Waals surface area (Å²) in [6, 6.07) is 4.30. The highest BCUT2D eigenvalue weighted by molar-refractivity contribution is 7.14. The average molecular weight is 377 g/mol. The second kappa shape index (κ2) is 7.23. The molecule has 25 heavy (non-hydrogen) atoms. The number of nitrogens with zero attached hydrogens (tertiary/aromatic N) is 2. The monoisotopic (exact) mass is 376 g/mol. The fourth-order valence-corrected chi connectivity index (χ4v) is 4.97. The zero-order valence-corrected chi connectivity index (χ0v) is 15.4. The van der Waals surface area contributed by atoms with Crippen LogP contribution < -0.4 is 10.6 Å². The molecular formula is C17H20N4O2S2. The van der Waals surface area contributed by atoms with Gasteiger partial charge < -0.3 is 10.2 Å². The van der Waals surface area contributed by atoms with E-state index in [9.17, 15) is 9.59 Å². The summed E-state index contributed by atoms with van der Waals surface area (Å²) in [6.45, 7) is 1.88. The first-order chi connectivity index (χ1) is 12.2. The van der Waals surface area contributed by atoms with Crippen LogP contribution in [0.25, 0.3) is 0 Å². The SMILES string of the molecule is O=C(Nc1nc(CC(=O)N2C3CCNCC2CC3)cs1)c1cccs1. The highest BCUT2D eigenvalue weighted by atomic mass is 32.1. The van der Waals surface area contributed by atoms with Crippen LogP contribution in [0, 0.1) is 0 Å². The normalized spacial score (nSPS) is 22.6. The molecule has 0 aliphatic carbocycles. The van der Waals surface area contributed by atoms with Gasteiger partial charge in [-0.15, -0.1) is 22.7 Å². The number of carbonyl (C=O) groups is 2. The van der Waals surface area contributed by atoms with Crippen molar-refractivity contribution in [1.82, 2.24) is 15.2 Å². The van der Waals surface area contributed by atoms with Crippen molar-refractivity contribution < 1.29 is 9.59 Å². The van der Waals surface area contributed by atoms with Crippen molar-refractivity contribution in [2.45, 2.75) is 37.8 Å². The Labute approximate surface area is 154 Å². The van der Waals surface area contributed by atoms with E-state index >= 15 is 0 Å². The van der Waals surface area contributed by atoms with Gasteiger partial charge in [0.2, 0.25) is 5.91 Å². The number of nitrogens with one attached hydrogen (secondary N) is 2. The molecule has 0 saturated carbocycles. The quantitative estimate of drug-likeness (QED) is 0.859. The number of anilines is 1. The van der Waals surface area contributed by atoms with E-state index in [-0.39, 0.29) is 11.8 Å². The summed E-state index contributed by atoms with van der Waals surface area (Å²) in [6.07, 6.45) is 3.53. The third-order valence-corrected chi connectivity index (χ3v) is 6.47. The van der Waals surface area contributed by atoms with Gasteiger partial charge in [0.15, 0.2) is 5.13 Å². The van der Waals surface area contributed by atoms with Gasteiger partial charge in [-0.1, -0.05) is 6.07 Å². The molecule has 4 heterocycles. The Kier molecular flexibility index (Phi) is 4.82. The molecule has 2 bridgehead atoms. The van der Waals surface area contributed by atoms with Gasteiger partial charge in [-0.25, -0.2) is 4.98 Å². The van der Waals surface area contributed by atoms with Crippen molar-refractivity contribution in [3.8, 4) is 0 Å². The molecule has 4 rings (SSSR count). The minimum atomic E-state index is -0.154. The fourth-order valence-electron chi connectivity index (χ4n) is 3.65. The van der Waals surface area contributed by atoms with Gasteiger partial charge in [0.25, 0.3) is 5.91 Å². The molecule has 2 N–H and O–H groups in total. The molecule has 2 aromatic rings. The van der Waals surface area contributed by atoms with E-state index < -0.39 is 0 Å². The number of aromatic nitrogens is 1. The van der Waals surface area contributed by atoms with Crippen LogP contribution >= 0.6 is 22.7 Å². The Morgan fingerprint density at radius 2 is 2.16 bits per heavy atom. The summed E-state index contributed by atoms with van der Waals surface area (Å²) >= 11 is 2.76. The lowest BCUT2D eigenvalue weighted by Crippen LogP contribution is -2.43. The van der Waals surface area contributed by atoms with Crippen LogP contribution in [0.15, 0.2) is 22.9 Å². The minimum Gasteiger partial charge on any atom is -0.335 e. The van der Waals surface area contributed by atoms with E-state index in [0.29, 0.717) is 28.5 Å². The lowest BCUT2D eigenvalue weighted by Gasteiger charge is -2.27. The van der Waals surface area contributed by atoms with Crippen LogP contribution in [0.1, 0.15) is 34.6 Å². The van der Waals surface area contributed by atoms with Crippen LogP contribution in [0.4, 0.5) is 5.13 Å². The molecule has 6 nitrogen and oxygen atoms in total. The van der Waals surface area contributed by atoms with Gasteiger partial charge in [0.1, 0.15) is 0 Å². The van der Waals surface area contributed by atoms with Crippen molar-refractivity contribution in [3.05, 3.63) is 33.5 Å². The minimum absolute atomic E-state index is 0.151. The van der Waals surface area contributed by atoms with Gasteiger partial charge in [0, 0.05) is 24.0 Å². The van der Waals surface area contributed by atoms with Crippen molar-refractivity contribution in [2.75, 3.05) is 18.4 Å². The Morgan fingerprint density at radius 3 is 3.00 bits per heavy atom. The van der Waals surface area contributed by atoms with Crippen LogP contribution in [-0.2, 0) is 11.2 Å². The van der Waals surface area contributed by atoms with Gasteiger partial charge in [-0.3, -0.25) is 14.9 Å². The molecule has 2 fully saturated rings. The number of carbonyl (C=O) groups excluding carboxylic acids is 2. The Bertz CT molecular complexity index is 745. The fraction of sp³-hybridized carbons (Fsp3) is 0.471. The number of amides is 2. The summed E-state index contributed by atoms with van der Waals surface area (Å²) < 4.78 is 0. The molecule has 2 atom stereocenters. The molecule has 8 heteroatoms. The van der Waals surface area contributed by atoms with E-state index in [1.807, 2.05) is 16.8 Å². The smallest absolute Gasteiger partial charge is 0.267 e. The first kappa shape index (κ1) is 16.7. The van der Waals surface area contributed by atoms with E-state index in [2.05, 4.69) is 20.5 Å². The summed E-state index contributed by atoms with van der Waals surface area (Å²) in [4.78, 5) is 32.0. The molecule has 2 saturated heterocycles. The number of rotatable bonds is 4. The number of hydrogen-bond acceptors (Lipinski definition) is 6. The van der Waals surface area contributed by atoms with Gasteiger partial charge in [-0.05, 0) is 37.3 Å². The Morgan fingerprint density at radius 1 is 1.28 bits per heavy atom. The molecule has 2 aliphatic rings. The van der Waals surface area contributed by atoms with Crippen LogP contribution in [0.5, 0.6) is 0 Å². The van der Waals surface area contributed by atoms with Crippen LogP contribution in [0.3, 0.4) is 0 Å². The highest BCUT2D eigenvalue weighted by Gasteiger charge is 2.37. The predicted molar refractivity (Wildman–Crippen MR) is 99.2 cm³/mol. The summed E-state index contributed by atoms with van der Waals surface area (Å²) in [5, 5.41) is 10.5. The largest absolute Gasteiger partial charge is 0.335 e. The molecule has 0 aromatic carbocycles. The molecule has 0 spiro atoms. The van der Waals surface area contributed by atoms with E-state index in [1.54, 1.807) is 6.07 Å². The van der Waals surface area contributed by atoms with E-state index in [0.717, 1.165) is 38.0 Å². The molecule has 132 valence electrons. The molecule has 2 aromatic heterocycles. The topological polar surface area (TPSA) is 74.3 Å². The van der Waals surface area contributed by atoms with Gasteiger partial charge >= 0.3 is 0 Å². The van der Waals surface area contributed by atoms with Crippen LogP contribution in [0.2, 0.25) is 0 Å². The third-order valence-electron chi connectivity index (χ3n) is 4.79. The molecule has 0 radical (unpaired) electrons. The zero-order valence-electron chi connectivity index (χ0n) is 13.7. The van der Waals surface area contributed by atoms with Crippen molar-refractivity contribution in [2.24, 2.45) is 0 Å². The summed E-state index contributed by atoms with van der Waals surface area (Å²) in [5.74, 6) is -0.00324. The van der Waals surface area contributed by atoms with Crippen LogP contribution in [-0.4, -0.2) is 46.9 Å². The summed E-state index contributed by atoms with van der Waals surface area (Å²) in [5.41, 5.74) is 0.730. The second-order valence-electron chi connectivity index (χ2n) is 6.43. The van der Waals surface area contributed by atoms with E-state index in [4.69, 9.17) is 0 Å². The molecule has 2 aliphatic heterocycles. The number of hydrogen-bond donors (Lipinski definition) is 2. The van der Waals surface area contributed by atoms with Crippen molar-refractivity contribution in [1.29, 1.82) is 0 Å². The Hall–Kier alpha value is -1.77. The van der Waals surface area contributed by atoms with E-state index in [1.165, 1.54) is 22.7 Å². The molecule has 2 unspecified atom stereocenters. The van der Waals surface area contributed by atoms with Gasteiger partial charge in [-0.2, -0.15) is 0 Å². The zero-order chi connectivity index (χ0) is 17.2. The standard InChI is InChI=1S/C17H20N4O2S2/c22-15(21-12-3-4-13(21)9-18-6-5-12)8-11-10-25-17(19-11)20-16(23)14-2-1-7-24-14/h1-2,7,10,12-13,18H,3-6,8-9H2,(H,19,20,23). The maximum atomic E-state index is 12.8. The number of thiophene rings is 1. The van der Waals surface area contributed by atoms with Crippen molar-refractivity contribution in [3.63, 3.8) is 0 Å². The highest BCUT2D eigenvalue weighted by Crippen LogP contribution is 2.29. The summed E-state index contributed by atoms with van der Waals surface area (Å²) in [7, 11) is 0. The lowest BCUT2D eigenvalue weighted by molar-refractivity contribution is -0.133. The number of fused-ring (bicyclic) bond motifs is 2. The maximum absolute atomic E-state index is 12.8. The predicted octanol–water partition coefficient (Wildman–Crippen LogP) is 2.35. The first-order valence-electron chi connectivity index (χ1n) is 8.52. The lowest BCUT2D eigenvalue weighted by atomic mass is 10.1.